The fourth-order valence-corrected chi connectivity index (χ4v) is 5.76. The lowest BCUT2D eigenvalue weighted by atomic mass is 9.99. The van der Waals surface area contributed by atoms with Crippen LogP contribution in [0.25, 0.3) is 0 Å². The van der Waals surface area contributed by atoms with Gasteiger partial charge in [0.05, 0.1) is 23.1 Å². The zero-order valence-electron chi connectivity index (χ0n) is 21.6. The molecule has 1 saturated carbocycles. The summed E-state index contributed by atoms with van der Waals surface area (Å²) in [4.78, 5) is 18.0. The Labute approximate surface area is 228 Å². The van der Waals surface area contributed by atoms with E-state index in [0.717, 1.165) is 63.0 Å². The van der Waals surface area contributed by atoms with Crippen LogP contribution in [0.5, 0.6) is 17.2 Å². The van der Waals surface area contributed by atoms with Gasteiger partial charge in [0.2, 0.25) is 5.91 Å². The van der Waals surface area contributed by atoms with Gasteiger partial charge in [0.1, 0.15) is 25.1 Å². The summed E-state index contributed by atoms with van der Waals surface area (Å²) in [6, 6.07) is 11.0. The summed E-state index contributed by atoms with van der Waals surface area (Å²) in [5.41, 5.74) is 1.74. The molecule has 3 heterocycles. The minimum absolute atomic E-state index is 0.0169. The van der Waals surface area contributed by atoms with Crippen LogP contribution in [0.2, 0.25) is 5.02 Å². The average Bonchev–Trinajstić information content (AvgIpc) is 3.37. The van der Waals surface area contributed by atoms with Gasteiger partial charge in [-0.25, -0.2) is 0 Å². The highest BCUT2D eigenvalue weighted by Crippen LogP contribution is 2.37. The Morgan fingerprint density at radius 1 is 1.05 bits per heavy atom. The van der Waals surface area contributed by atoms with Gasteiger partial charge in [0, 0.05) is 31.4 Å². The van der Waals surface area contributed by atoms with E-state index in [1.165, 1.54) is 0 Å². The third-order valence-corrected chi connectivity index (χ3v) is 8.24. The number of likely N-dealkylation sites (tertiary alicyclic amines) is 1. The zero-order chi connectivity index (χ0) is 26.1. The Kier molecular flexibility index (Phi) is 7.54. The number of fused-ring (bicyclic) bond motifs is 1. The molecule has 3 fully saturated rings. The zero-order valence-corrected chi connectivity index (χ0v) is 22.4. The molecule has 3 atom stereocenters. The molecule has 0 bridgehead atoms. The van der Waals surface area contributed by atoms with Gasteiger partial charge in [0.15, 0.2) is 11.5 Å². The molecule has 1 aliphatic carbocycles. The van der Waals surface area contributed by atoms with Crippen LogP contribution in [0.4, 0.5) is 5.69 Å². The van der Waals surface area contributed by atoms with Crippen LogP contribution in [0.1, 0.15) is 43.8 Å². The molecule has 9 heteroatoms. The second-order valence-electron chi connectivity index (χ2n) is 10.8. The van der Waals surface area contributed by atoms with Crippen LogP contribution in [-0.2, 0) is 4.79 Å². The van der Waals surface area contributed by atoms with E-state index in [2.05, 4.69) is 15.1 Å². The minimum atomic E-state index is -0.855. The van der Waals surface area contributed by atoms with E-state index in [0.29, 0.717) is 48.6 Å². The third kappa shape index (κ3) is 5.82. The van der Waals surface area contributed by atoms with Gasteiger partial charge in [0.25, 0.3) is 0 Å². The van der Waals surface area contributed by atoms with Gasteiger partial charge < -0.3 is 34.4 Å². The van der Waals surface area contributed by atoms with Crippen molar-refractivity contribution in [1.82, 2.24) is 10.2 Å². The normalized spacial score (nSPS) is 22.8. The molecule has 0 aromatic heterocycles. The summed E-state index contributed by atoms with van der Waals surface area (Å²) in [7, 11) is 0. The number of carbonyl (C=O) groups excluding carboxylic acids is 1. The number of nitrogens with zero attached hydrogens (tertiary/aromatic N) is 2. The number of ether oxygens (including phenoxy) is 3. The molecule has 0 spiro atoms. The molecule has 2 aromatic carbocycles. The SMILES string of the molecule is O=C(NC(CN1CCCC1)C(O)c1ccc2c(c1)OCCO2)C1CCN(c2ccc(Cl)c(OC3CC3)c2)C1. The average molecular weight is 542 g/mol. The van der Waals surface area contributed by atoms with Crippen molar-refractivity contribution in [2.24, 2.45) is 5.92 Å². The molecule has 3 unspecified atom stereocenters. The number of hydrogen-bond acceptors (Lipinski definition) is 7. The monoisotopic (exact) mass is 541 g/mol. The van der Waals surface area contributed by atoms with Gasteiger partial charge in [-0.15, -0.1) is 0 Å². The number of nitrogens with one attached hydrogen (secondary N) is 1. The molecule has 2 saturated heterocycles. The summed E-state index contributed by atoms with van der Waals surface area (Å²) >= 11 is 6.35. The Balaban J connectivity index is 1.13. The number of anilines is 1. The van der Waals surface area contributed by atoms with E-state index >= 15 is 0 Å². The van der Waals surface area contributed by atoms with E-state index in [-0.39, 0.29) is 17.9 Å². The number of hydrogen-bond donors (Lipinski definition) is 2. The van der Waals surface area contributed by atoms with Gasteiger partial charge >= 0.3 is 0 Å². The predicted octanol–water partition coefficient (Wildman–Crippen LogP) is 3.79. The van der Waals surface area contributed by atoms with Crippen LogP contribution < -0.4 is 24.4 Å². The van der Waals surface area contributed by atoms with E-state index in [1.54, 1.807) is 0 Å². The summed E-state index contributed by atoms with van der Waals surface area (Å²) in [6.07, 6.45) is 4.60. The van der Waals surface area contributed by atoms with E-state index in [9.17, 15) is 9.90 Å². The highest BCUT2D eigenvalue weighted by atomic mass is 35.5. The fraction of sp³-hybridized carbons (Fsp3) is 0.552. The Morgan fingerprint density at radius 2 is 1.84 bits per heavy atom. The maximum absolute atomic E-state index is 13.5. The molecular weight excluding hydrogens is 506 g/mol. The van der Waals surface area contributed by atoms with Crippen LogP contribution in [0.15, 0.2) is 36.4 Å². The lowest BCUT2D eigenvalue weighted by molar-refractivity contribution is -0.126. The smallest absolute Gasteiger partial charge is 0.225 e. The van der Waals surface area contributed by atoms with Crippen molar-refractivity contribution in [2.75, 3.05) is 50.8 Å². The first-order chi connectivity index (χ1) is 18.5. The van der Waals surface area contributed by atoms with E-state index in [1.807, 2.05) is 36.4 Å². The van der Waals surface area contributed by atoms with Crippen molar-refractivity contribution in [2.45, 2.75) is 50.4 Å². The van der Waals surface area contributed by atoms with Crippen LogP contribution in [0.3, 0.4) is 0 Å². The predicted molar refractivity (Wildman–Crippen MR) is 145 cm³/mol. The number of rotatable bonds is 9. The quantitative estimate of drug-likeness (QED) is 0.500. The summed E-state index contributed by atoms with van der Waals surface area (Å²) in [5, 5.41) is 15.3. The number of aliphatic hydroxyl groups is 1. The number of aliphatic hydroxyl groups excluding tert-OH is 1. The molecule has 1 amide bonds. The van der Waals surface area contributed by atoms with Gasteiger partial charge in [-0.1, -0.05) is 17.7 Å². The molecule has 3 aliphatic heterocycles. The van der Waals surface area contributed by atoms with Gasteiger partial charge in [-0.05, 0) is 75.0 Å². The molecule has 2 N–H and O–H groups in total. The van der Waals surface area contributed by atoms with Crippen LogP contribution >= 0.6 is 11.6 Å². The maximum Gasteiger partial charge on any atom is 0.225 e. The molecular formula is C29H36ClN3O5. The van der Waals surface area contributed by atoms with Crippen LogP contribution in [-0.4, -0.2) is 74.0 Å². The van der Waals surface area contributed by atoms with Crippen molar-refractivity contribution in [3.8, 4) is 17.2 Å². The third-order valence-electron chi connectivity index (χ3n) is 7.93. The highest BCUT2D eigenvalue weighted by molar-refractivity contribution is 6.32. The molecule has 38 heavy (non-hydrogen) atoms. The number of halogens is 1. The molecule has 0 radical (unpaired) electrons. The van der Waals surface area contributed by atoms with Crippen molar-refractivity contribution in [3.63, 3.8) is 0 Å². The van der Waals surface area contributed by atoms with E-state index < -0.39 is 12.1 Å². The molecule has 2 aromatic rings. The topological polar surface area (TPSA) is 83.5 Å². The second-order valence-corrected chi connectivity index (χ2v) is 11.2. The highest BCUT2D eigenvalue weighted by Gasteiger charge is 2.34. The fourth-order valence-electron chi connectivity index (χ4n) is 5.60. The largest absolute Gasteiger partial charge is 0.489 e. The van der Waals surface area contributed by atoms with Crippen LogP contribution in [0, 0.1) is 5.92 Å². The van der Waals surface area contributed by atoms with Crippen molar-refractivity contribution in [3.05, 3.63) is 47.0 Å². The Bertz CT molecular complexity index is 1150. The number of benzene rings is 2. The molecule has 4 aliphatic rings. The lowest BCUT2D eigenvalue weighted by Gasteiger charge is -2.30. The number of carbonyl (C=O) groups is 1. The van der Waals surface area contributed by atoms with Gasteiger partial charge in [-0.3, -0.25) is 4.79 Å². The molecule has 8 nitrogen and oxygen atoms in total. The first kappa shape index (κ1) is 25.6. The van der Waals surface area contributed by atoms with Crippen molar-refractivity contribution in [1.29, 1.82) is 0 Å². The van der Waals surface area contributed by atoms with Crippen molar-refractivity contribution < 1.29 is 24.1 Å². The summed E-state index contributed by atoms with van der Waals surface area (Å²) in [6.45, 7) is 4.98. The van der Waals surface area contributed by atoms with E-state index in [4.69, 9.17) is 25.8 Å². The summed E-state index contributed by atoms with van der Waals surface area (Å²) in [5.74, 6) is 1.86. The lowest BCUT2D eigenvalue weighted by Crippen LogP contribution is -2.48. The Hall–Kier alpha value is -2.68. The molecule has 6 rings (SSSR count). The maximum atomic E-state index is 13.5. The van der Waals surface area contributed by atoms with Gasteiger partial charge in [-0.2, -0.15) is 0 Å². The second kappa shape index (κ2) is 11.2. The minimum Gasteiger partial charge on any atom is -0.489 e. The molecule has 204 valence electrons. The standard InChI is InChI=1S/C29H36ClN3O5/c30-23-7-4-21(16-26(23)38-22-5-6-22)33-12-9-20(17-33)29(35)31-24(18-32-10-1-2-11-32)28(34)19-3-8-25-27(15-19)37-14-13-36-25/h3-4,7-8,15-16,20,22,24,28,34H,1-2,5-6,9-14,17-18H2,(H,31,35). The first-order valence-corrected chi connectivity index (χ1v) is 14.2. The number of amides is 1. The first-order valence-electron chi connectivity index (χ1n) is 13.8. The Morgan fingerprint density at radius 3 is 2.63 bits per heavy atom. The van der Waals surface area contributed by atoms with Crippen molar-refractivity contribution >= 4 is 23.2 Å². The summed E-state index contributed by atoms with van der Waals surface area (Å²) < 4.78 is 17.3.